The van der Waals surface area contributed by atoms with Gasteiger partial charge in [-0.25, -0.2) is 9.50 Å². The molecule has 5 nitrogen and oxygen atoms in total. The van der Waals surface area contributed by atoms with Crippen LogP contribution in [-0.2, 0) is 6.42 Å². The quantitative estimate of drug-likeness (QED) is 0.795. The number of hydrogen-bond donors (Lipinski definition) is 1. The molecule has 0 atom stereocenters. The van der Waals surface area contributed by atoms with E-state index in [9.17, 15) is 4.79 Å². The Labute approximate surface area is 99.6 Å². The third-order valence-corrected chi connectivity index (χ3v) is 2.75. The fourth-order valence-electron chi connectivity index (χ4n) is 1.91. The average Bonchev–Trinajstić information content (AvgIpc) is 2.69. The topological polar surface area (TPSA) is 73.3 Å². The molecule has 0 fully saturated rings. The minimum Gasteiger partial charge on any atom is -0.364 e. The molecule has 0 radical (unpaired) electrons. The van der Waals surface area contributed by atoms with Gasteiger partial charge in [-0.15, -0.1) is 0 Å². The molecule has 2 aromatic heterocycles. The fraction of sp³-hybridized carbons (Fsp3) is 0.417. The van der Waals surface area contributed by atoms with Gasteiger partial charge in [0.25, 0.3) is 5.91 Å². The largest absolute Gasteiger partial charge is 0.364 e. The van der Waals surface area contributed by atoms with E-state index < -0.39 is 5.91 Å². The second kappa shape index (κ2) is 4.95. The second-order valence-electron chi connectivity index (χ2n) is 4.04. The van der Waals surface area contributed by atoms with E-state index in [2.05, 4.69) is 17.0 Å². The number of nitrogens with zero attached hydrogens (tertiary/aromatic N) is 3. The van der Waals surface area contributed by atoms with Crippen molar-refractivity contribution in [2.75, 3.05) is 0 Å². The molecule has 17 heavy (non-hydrogen) atoms. The highest BCUT2D eigenvalue weighted by molar-refractivity contribution is 5.94. The molecule has 5 heteroatoms. The number of aromatic nitrogens is 3. The molecule has 2 aromatic rings. The van der Waals surface area contributed by atoms with E-state index in [0.717, 1.165) is 36.9 Å². The standard InChI is InChI=1S/C12H16N4O/c1-2-3-4-6-9-10(11(13)17)15-16-8-5-7-14-12(9)16/h5,7-8H,2-4,6H2,1H3,(H2,13,17). The lowest BCUT2D eigenvalue weighted by atomic mass is 10.1. The lowest BCUT2D eigenvalue weighted by Crippen LogP contribution is -2.14. The predicted octanol–water partition coefficient (Wildman–Crippen LogP) is 1.56. The third kappa shape index (κ3) is 2.27. The van der Waals surface area contributed by atoms with E-state index in [1.807, 2.05) is 0 Å². The van der Waals surface area contributed by atoms with Crippen molar-refractivity contribution in [1.29, 1.82) is 0 Å². The minimum absolute atomic E-state index is 0.347. The number of fused-ring (bicyclic) bond motifs is 1. The summed E-state index contributed by atoms with van der Waals surface area (Å²) < 4.78 is 1.61. The smallest absolute Gasteiger partial charge is 0.269 e. The van der Waals surface area contributed by atoms with Crippen LogP contribution in [0.25, 0.3) is 5.65 Å². The number of nitrogens with two attached hydrogens (primary N) is 1. The van der Waals surface area contributed by atoms with Crippen molar-refractivity contribution in [3.05, 3.63) is 29.7 Å². The zero-order valence-electron chi connectivity index (χ0n) is 9.89. The molecule has 90 valence electrons. The number of amides is 1. The van der Waals surface area contributed by atoms with Crippen molar-refractivity contribution in [2.45, 2.75) is 32.6 Å². The lowest BCUT2D eigenvalue weighted by molar-refractivity contribution is 0.0994. The predicted molar refractivity (Wildman–Crippen MR) is 64.7 cm³/mol. The van der Waals surface area contributed by atoms with Crippen LogP contribution < -0.4 is 5.73 Å². The Kier molecular flexibility index (Phi) is 3.37. The summed E-state index contributed by atoms with van der Waals surface area (Å²) in [4.78, 5) is 15.6. The van der Waals surface area contributed by atoms with Crippen LogP contribution in [0.5, 0.6) is 0 Å². The highest BCUT2D eigenvalue weighted by atomic mass is 16.1. The first kappa shape index (κ1) is 11.6. The van der Waals surface area contributed by atoms with Gasteiger partial charge in [0.05, 0.1) is 0 Å². The van der Waals surface area contributed by atoms with E-state index in [-0.39, 0.29) is 0 Å². The molecular formula is C12H16N4O. The van der Waals surface area contributed by atoms with Crippen molar-refractivity contribution in [2.24, 2.45) is 5.73 Å². The lowest BCUT2D eigenvalue weighted by Gasteiger charge is -1.99. The number of primary amides is 1. The number of aryl methyl sites for hydroxylation is 1. The number of carbonyl (C=O) groups is 1. The molecule has 1 amide bonds. The summed E-state index contributed by atoms with van der Waals surface area (Å²) in [5, 5.41) is 4.17. The molecule has 0 bridgehead atoms. The van der Waals surface area contributed by atoms with Crippen LogP contribution in [0.1, 0.15) is 42.2 Å². The van der Waals surface area contributed by atoms with Crippen molar-refractivity contribution in [1.82, 2.24) is 14.6 Å². The summed E-state index contributed by atoms with van der Waals surface area (Å²) in [6.07, 6.45) is 7.56. The number of carbonyl (C=O) groups excluding carboxylic acids is 1. The van der Waals surface area contributed by atoms with Crippen molar-refractivity contribution in [3.63, 3.8) is 0 Å². The van der Waals surface area contributed by atoms with Gasteiger partial charge in [0.1, 0.15) is 0 Å². The van der Waals surface area contributed by atoms with E-state index in [1.165, 1.54) is 0 Å². The van der Waals surface area contributed by atoms with Gasteiger partial charge in [-0.05, 0) is 18.9 Å². The molecule has 0 unspecified atom stereocenters. The van der Waals surface area contributed by atoms with Gasteiger partial charge < -0.3 is 5.73 Å². The minimum atomic E-state index is -0.484. The maximum atomic E-state index is 11.3. The first-order valence-electron chi connectivity index (χ1n) is 5.86. The van der Waals surface area contributed by atoms with Crippen LogP contribution in [0.4, 0.5) is 0 Å². The molecule has 0 spiro atoms. The third-order valence-electron chi connectivity index (χ3n) is 2.75. The number of unbranched alkanes of at least 4 members (excludes halogenated alkanes) is 2. The molecule has 0 aliphatic rings. The van der Waals surface area contributed by atoms with Gasteiger partial charge in [0, 0.05) is 18.0 Å². The van der Waals surface area contributed by atoms with E-state index in [0.29, 0.717) is 5.69 Å². The fourth-order valence-corrected chi connectivity index (χ4v) is 1.91. The van der Waals surface area contributed by atoms with Crippen molar-refractivity contribution < 1.29 is 4.79 Å². The maximum absolute atomic E-state index is 11.3. The van der Waals surface area contributed by atoms with Crippen molar-refractivity contribution in [3.8, 4) is 0 Å². The van der Waals surface area contributed by atoms with Gasteiger partial charge in [-0.1, -0.05) is 19.8 Å². The van der Waals surface area contributed by atoms with Gasteiger partial charge >= 0.3 is 0 Å². The van der Waals surface area contributed by atoms with Crippen LogP contribution in [0, 0.1) is 0 Å². The Morgan fingerprint density at radius 1 is 1.47 bits per heavy atom. The highest BCUT2D eigenvalue weighted by Gasteiger charge is 2.16. The number of hydrogen-bond acceptors (Lipinski definition) is 3. The van der Waals surface area contributed by atoms with Crippen molar-refractivity contribution >= 4 is 11.6 Å². The summed E-state index contributed by atoms with van der Waals surface area (Å²) in [6.45, 7) is 2.14. The molecule has 2 heterocycles. The second-order valence-corrected chi connectivity index (χ2v) is 4.04. The first-order valence-corrected chi connectivity index (χ1v) is 5.86. The molecule has 0 aliphatic carbocycles. The van der Waals surface area contributed by atoms with Crippen LogP contribution >= 0.6 is 0 Å². The zero-order valence-corrected chi connectivity index (χ0v) is 9.89. The SMILES string of the molecule is CCCCCc1c(C(N)=O)nn2cccnc12. The van der Waals surface area contributed by atoms with Gasteiger partial charge in [0.15, 0.2) is 11.3 Å². The summed E-state index contributed by atoms with van der Waals surface area (Å²) in [5.41, 5.74) is 7.29. The summed E-state index contributed by atoms with van der Waals surface area (Å²) in [7, 11) is 0. The molecule has 2 N–H and O–H groups in total. The van der Waals surface area contributed by atoms with Crippen LogP contribution in [0.2, 0.25) is 0 Å². The highest BCUT2D eigenvalue weighted by Crippen LogP contribution is 2.16. The maximum Gasteiger partial charge on any atom is 0.269 e. The van der Waals surface area contributed by atoms with E-state index in [4.69, 9.17) is 5.73 Å². The monoisotopic (exact) mass is 232 g/mol. The molecular weight excluding hydrogens is 216 g/mol. The van der Waals surface area contributed by atoms with Crippen LogP contribution in [0.3, 0.4) is 0 Å². The summed E-state index contributed by atoms with van der Waals surface area (Å²) >= 11 is 0. The molecule has 2 rings (SSSR count). The molecule has 0 aromatic carbocycles. The zero-order chi connectivity index (χ0) is 12.3. The average molecular weight is 232 g/mol. The Bertz CT molecular complexity index is 532. The van der Waals surface area contributed by atoms with Gasteiger partial charge in [-0.3, -0.25) is 4.79 Å². The molecule has 0 aliphatic heterocycles. The Balaban J connectivity index is 2.41. The molecule has 0 saturated carbocycles. The van der Waals surface area contributed by atoms with Crippen LogP contribution in [-0.4, -0.2) is 20.5 Å². The number of rotatable bonds is 5. The van der Waals surface area contributed by atoms with E-state index >= 15 is 0 Å². The normalized spacial score (nSPS) is 10.9. The summed E-state index contributed by atoms with van der Waals surface area (Å²) in [5.74, 6) is -0.484. The summed E-state index contributed by atoms with van der Waals surface area (Å²) in [6, 6.07) is 1.78. The Morgan fingerprint density at radius 3 is 3.00 bits per heavy atom. The first-order chi connectivity index (χ1) is 8.24. The molecule has 0 saturated heterocycles. The van der Waals surface area contributed by atoms with Gasteiger partial charge in [-0.2, -0.15) is 5.10 Å². The van der Waals surface area contributed by atoms with Gasteiger partial charge in [0.2, 0.25) is 0 Å². The van der Waals surface area contributed by atoms with Crippen LogP contribution in [0.15, 0.2) is 18.5 Å². The Hall–Kier alpha value is -1.91. The Morgan fingerprint density at radius 2 is 2.29 bits per heavy atom. The van der Waals surface area contributed by atoms with E-state index in [1.54, 1.807) is 23.0 Å².